The maximum absolute atomic E-state index is 12.4. The Labute approximate surface area is 124 Å². The lowest BCUT2D eigenvalue weighted by Gasteiger charge is -2.24. The molecule has 0 amide bonds. The molecular formula is C15H23N3O3. The van der Waals surface area contributed by atoms with Crippen LogP contribution in [-0.2, 0) is 9.53 Å². The molecule has 0 radical (unpaired) electrons. The highest BCUT2D eigenvalue weighted by atomic mass is 16.5. The Kier molecular flexibility index (Phi) is 5.09. The molecule has 0 N–H and O–H groups in total. The molecule has 0 aliphatic heterocycles. The molecule has 0 spiro atoms. The van der Waals surface area contributed by atoms with E-state index in [0.717, 1.165) is 25.7 Å². The average molecular weight is 293 g/mol. The van der Waals surface area contributed by atoms with Gasteiger partial charge < -0.3 is 4.74 Å². The summed E-state index contributed by atoms with van der Waals surface area (Å²) >= 11 is 0. The van der Waals surface area contributed by atoms with E-state index < -0.39 is 6.04 Å². The number of hydrogen-bond donors (Lipinski definition) is 0. The molecule has 1 aromatic rings. The van der Waals surface area contributed by atoms with Crippen molar-refractivity contribution >= 4 is 11.8 Å². The number of carbonyl (C=O) groups is 2. The lowest BCUT2D eigenvalue weighted by atomic mass is 9.98. The summed E-state index contributed by atoms with van der Waals surface area (Å²) in [6, 6.07) is -0.507. The van der Waals surface area contributed by atoms with E-state index in [-0.39, 0.29) is 17.9 Å². The van der Waals surface area contributed by atoms with Crippen molar-refractivity contribution < 1.29 is 14.3 Å². The molecule has 1 aliphatic carbocycles. The van der Waals surface area contributed by atoms with Crippen LogP contribution >= 0.6 is 0 Å². The summed E-state index contributed by atoms with van der Waals surface area (Å²) in [4.78, 5) is 23.8. The highest BCUT2D eigenvalue weighted by Crippen LogP contribution is 2.23. The fourth-order valence-corrected chi connectivity index (χ4v) is 2.83. The van der Waals surface area contributed by atoms with Crippen molar-refractivity contribution in [2.45, 2.75) is 71.4 Å². The van der Waals surface area contributed by atoms with Crippen molar-refractivity contribution in [3.8, 4) is 0 Å². The number of hydrogen-bond acceptors (Lipinski definition) is 5. The Bertz CT molecular complexity index is 518. The number of carbonyl (C=O) groups excluding carboxylic acids is 2. The molecular weight excluding hydrogens is 270 g/mol. The summed E-state index contributed by atoms with van der Waals surface area (Å²) in [6.07, 6.45) is 5.92. The molecule has 2 rings (SSSR count). The van der Waals surface area contributed by atoms with Gasteiger partial charge in [-0.2, -0.15) is 0 Å². The van der Waals surface area contributed by atoms with Crippen molar-refractivity contribution in [2.24, 2.45) is 0 Å². The number of ether oxygens (including phenoxy) is 1. The molecule has 1 saturated carbocycles. The summed E-state index contributed by atoms with van der Waals surface area (Å²) in [5.74, 6) is -0.415. The average Bonchev–Trinajstić information content (AvgIpc) is 2.83. The summed E-state index contributed by atoms with van der Waals surface area (Å²) < 4.78 is 7.13. The second-order valence-electron chi connectivity index (χ2n) is 5.65. The van der Waals surface area contributed by atoms with Gasteiger partial charge in [0.15, 0.2) is 17.5 Å². The van der Waals surface area contributed by atoms with Gasteiger partial charge in [-0.25, -0.2) is 9.48 Å². The van der Waals surface area contributed by atoms with E-state index in [2.05, 4.69) is 10.3 Å². The highest BCUT2D eigenvalue weighted by Gasteiger charge is 2.28. The number of rotatable bonds is 5. The molecule has 1 aromatic heterocycles. The Morgan fingerprint density at radius 2 is 2.00 bits per heavy atom. The molecule has 116 valence electrons. The lowest BCUT2D eigenvalue weighted by Crippen LogP contribution is -2.28. The van der Waals surface area contributed by atoms with Gasteiger partial charge in [0.05, 0.1) is 5.69 Å². The largest absolute Gasteiger partial charge is 0.461 e. The van der Waals surface area contributed by atoms with Crippen LogP contribution in [0.3, 0.4) is 0 Å². The zero-order valence-corrected chi connectivity index (χ0v) is 13.0. The highest BCUT2D eigenvalue weighted by molar-refractivity contribution is 5.93. The van der Waals surface area contributed by atoms with Gasteiger partial charge in [-0.15, -0.1) is 5.10 Å². The Hall–Kier alpha value is -1.72. The van der Waals surface area contributed by atoms with Crippen LogP contribution in [0.15, 0.2) is 0 Å². The molecule has 1 fully saturated rings. The predicted molar refractivity (Wildman–Crippen MR) is 77.1 cm³/mol. The normalized spacial score (nSPS) is 17.5. The van der Waals surface area contributed by atoms with Crippen molar-refractivity contribution in [3.63, 3.8) is 0 Å². The maximum atomic E-state index is 12.4. The van der Waals surface area contributed by atoms with Gasteiger partial charge in [-0.05, 0) is 39.0 Å². The van der Waals surface area contributed by atoms with E-state index in [9.17, 15) is 9.59 Å². The first-order valence-corrected chi connectivity index (χ1v) is 7.67. The van der Waals surface area contributed by atoms with Gasteiger partial charge >= 0.3 is 5.97 Å². The Morgan fingerprint density at radius 1 is 1.33 bits per heavy atom. The van der Waals surface area contributed by atoms with Crippen molar-refractivity contribution in [2.75, 3.05) is 0 Å². The van der Waals surface area contributed by atoms with Crippen molar-refractivity contribution in [3.05, 3.63) is 11.4 Å². The molecule has 1 atom stereocenters. The van der Waals surface area contributed by atoms with Crippen LogP contribution in [0.25, 0.3) is 0 Å². The summed E-state index contributed by atoms with van der Waals surface area (Å²) in [5.41, 5.74) is 0.939. The molecule has 1 unspecified atom stereocenters. The zero-order chi connectivity index (χ0) is 15.4. The third kappa shape index (κ3) is 3.49. The molecule has 1 heterocycles. The standard InChI is InChI=1S/C15H23N3O3/c1-4-13(15(20)21-12-8-6-5-7-9-12)18-10(2)14(11(3)19)16-17-18/h12-13H,4-9H2,1-3H3. The minimum absolute atomic E-state index is 0.0244. The summed E-state index contributed by atoms with van der Waals surface area (Å²) in [7, 11) is 0. The van der Waals surface area contributed by atoms with Gasteiger partial charge in [-0.3, -0.25) is 4.79 Å². The first-order valence-electron chi connectivity index (χ1n) is 7.67. The second kappa shape index (κ2) is 6.83. The van der Waals surface area contributed by atoms with Crippen LogP contribution in [0.5, 0.6) is 0 Å². The molecule has 0 saturated heterocycles. The van der Waals surface area contributed by atoms with E-state index in [1.165, 1.54) is 18.0 Å². The zero-order valence-electron chi connectivity index (χ0n) is 13.0. The quantitative estimate of drug-likeness (QED) is 0.616. The van der Waals surface area contributed by atoms with Gasteiger partial charge in [0.2, 0.25) is 0 Å². The van der Waals surface area contributed by atoms with Crippen LogP contribution in [0.1, 0.15) is 74.6 Å². The lowest BCUT2D eigenvalue weighted by molar-refractivity contribution is -0.155. The minimum Gasteiger partial charge on any atom is -0.461 e. The van der Waals surface area contributed by atoms with E-state index >= 15 is 0 Å². The maximum Gasteiger partial charge on any atom is 0.331 e. The van der Waals surface area contributed by atoms with Crippen LogP contribution in [0.2, 0.25) is 0 Å². The van der Waals surface area contributed by atoms with Gasteiger partial charge in [-0.1, -0.05) is 18.6 Å². The fourth-order valence-electron chi connectivity index (χ4n) is 2.83. The smallest absolute Gasteiger partial charge is 0.331 e. The fraction of sp³-hybridized carbons (Fsp3) is 0.733. The van der Waals surface area contributed by atoms with E-state index in [4.69, 9.17) is 4.74 Å². The van der Waals surface area contributed by atoms with E-state index in [1.807, 2.05) is 6.92 Å². The SMILES string of the molecule is CCC(C(=O)OC1CCCCC1)n1nnc(C(C)=O)c1C. The van der Waals surface area contributed by atoms with E-state index in [0.29, 0.717) is 17.8 Å². The third-order valence-electron chi connectivity index (χ3n) is 4.05. The predicted octanol–water partition coefficient (Wildman–Crippen LogP) is 2.62. The van der Waals surface area contributed by atoms with Crippen molar-refractivity contribution in [1.82, 2.24) is 15.0 Å². The van der Waals surface area contributed by atoms with Gasteiger partial charge in [0.1, 0.15) is 6.10 Å². The summed E-state index contributed by atoms with van der Waals surface area (Å²) in [5, 5.41) is 7.84. The number of nitrogens with zero attached hydrogens (tertiary/aromatic N) is 3. The molecule has 6 nitrogen and oxygen atoms in total. The van der Waals surface area contributed by atoms with Crippen LogP contribution in [-0.4, -0.2) is 32.9 Å². The van der Waals surface area contributed by atoms with Crippen LogP contribution in [0.4, 0.5) is 0 Å². The number of Topliss-reactive ketones (excluding diaryl/α,β-unsaturated/α-hetero) is 1. The van der Waals surface area contributed by atoms with Gasteiger partial charge in [0.25, 0.3) is 0 Å². The molecule has 21 heavy (non-hydrogen) atoms. The number of esters is 1. The molecule has 1 aliphatic rings. The topological polar surface area (TPSA) is 74.1 Å². The molecule has 0 bridgehead atoms. The number of ketones is 1. The van der Waals surface area contributed by atoms with Gasteiger partial charge in [0, 0.05) is 6.92 Å². The monoisotopic (exact) mass is 293 g/mol. The van der Waals surface area contributed by atoms with Crippen LogP contribution in [0, 0.1) is 6.92 Å². The van der Waals surface area contributed by atoms with Crippen LogP contribution < -0.4 is 0 Å². The minimum atomic E-state index is -0.507. The Balaban J connectivity index is 2.11. The molecule has 0 aromatic carbocycles. The first-order chi connectivity index (χ1) is 10.0. The Morgan fingerprint density at radius 3 is 2.52 bits per heavy atom. The molecule has 6 heteroatoms. The number of aromatic nitrogens is 3. The van der Waals surface area contributed by atoms with Crippen molar-refractivity contribution in [1.29, 1.82) is 0 Å². The third-order valence-corrected chi connectivity index (χ3v) is 4.05. The first kappa shape index (κ1) is 15.7. The van der Waals surface area contributed by atoms with E-state index in [1.54, 1.807) is 6.92 Å². The summed E-state index contributed by atoms with van der Waals surface area (Å²) in [6.45, 7) is 5.11. The second-order valence-corrected chi connectivity index (χ2v) is 5.65.